The molecule has 1 aliphatic heterocycles. The first-order chi connectivity index (χ1) is 6.86. The highest BCUT2D eigenvalue weighted by Crippen LogP contribution is 2.35. The van der Waals surface area contributed by atoms with Gasteiger partial charge < -0.3 is 4.74 Å². The van der Waals surface area contributed by atoms with Crippen LogP contribution < -0.4 is 0 Å². The molecular weight excluding hydrogens is 179 g/mol. The number of hydrogen-bond acceptors (Lipinski definition) is 1. The van der Waals surface area contributed by atoms with Crippen LogP contribution in [0.5, 0.6) is 0 Å². The van der Waals surface area contributed by atoms with Crippen molar-refractivity contribution < 1.29 is 9.13 Å². The smallest absolute Gasteiger partial charge is 0.131 e. The molecule has 0 aliphatic carbocycles. The first-order valence-electron chi connectivity index (χ1n) is 4.65. The Labute approximate surface area is 81.1 Å². The van der Waals surface area contributed by atoms with E-state index in [2.05, 4.69) is 0 Å². The predicted octanol–water partition coefficient (Wildman–Crippen LogP) is 3.05. The maximum atomic E-state index is 13.4. The summed E-state index contributed by atoms with van der Waals surface area (Å²) >= 11 is 0. The van der Waals surface area contributed by atoms with E-state index in [9.17, 15) is 4.39 Å². The summed E-state index contributed by atoms with van der Waals surface area (Å²) in [5.41, 5.74) is 1.10. The Morgan fingerprint density at radius 3 is 2.50 bits per heavy atom. The van der Waals surface area contributed by atoms with E-state index in [4.69, 9.17) is 4.74 Å². The summed E-state index contributed by atoms with van der Waals surface area (Å²) in [6.07, 6.45) is 0.181. The van der Waals surface area contributed by atoms with Gasteiger partial charge in [0.1, 0.15) is 11.9 Å². The van der Waals surface area contributed by atoms with Crippen molar-refractivity contribution in [1.29, 1.82) is 0 Å². The van der Waals surface area contributed by atoms with Crippen LogP contribution in [-0.4, -0.2) is 6.61 Å². The Morgan fingerprint density at radius 1 is 1.07 bits per heavy atom. The fraction of sp³-hybridized carbons (Fsp3) is 0.167. The zero-order valence-electron chi connectivity index (χ0n) is 7.53. The molecule has 70 valence electrons. The second kappa shape index (κ2) is 2.79. The standard InChI is InChI=1S/C12H9FO/c13-11-6-5-10(12-7-14-12)8-3-1-2-4-9(8)11/h1-6,12H,7H2/t12-/m0/s1. The molecule has 0 aromatic heterocycles. The molecule has 1 saturated heterocycles. The van der Waals surface area contributed by atoms with E-state index in [0.29, 0.717) is 5.39 Å². The van der Waals surface area contributed by atoms with Crippen LogP contribution in [0.25, 0.3) is 10.8 Å². The van der Waals surface area contributed by atoms with E-state index in [0.717, 1.165) is 17.6 Å². The van der Waals surface area contributed by atoms with Crippen molar-refractivity contribution in [2.24, 2.45) is 0 Å². The summed E-state index contributed by atoms with van der Waals surface area (Å²) in [7, 11) is 0. The molecule has 0 amide bonds. The molecule has 2 heteroatoms. The lowest BCUT2D eigenvalue weighted by atomic mass is 10.0. The molecule has 1 aliphatic rings. The van der Waals surface area contributed by atoms with Gasteiger partial charge in [-0.2, -0.15) is 0 Å². The number of benzene rings is 2. The third-order valence-corrected chi connectivity index (χ3v) is 2.58. The van der Waals surface area contributed by atoms with E-state index in [1.807, 2.05) is 24.3 Å². The molecule has 14 heavy (non-hydrogen) atoms. The molecule has 0 N–H and O–H groups in total. The van der Waals surface area contributed by atoms with Gasteiger partial charge in [-0.1, -0.05) is 30.3 Å². The number of ether oxygens (including phenoxy) is 1. The first kappa shape index (κ1) is 7.94. The van der Waals surface area contributed by atoms with E-state index in [-0.39, 0.29) is 11.9 Å². The SMILES string of the molecule is Fc1ccc([C@@H]2CO2)c2ccccc12. The Hall–Kier alpha value is -1.41. The predicted molar refractivity (Wildman–Crippen MR) is 52.6 cm³/mol. The van der Waals surface area contributed by atoms with Crippen molar-refractivity contribution in [3.05, 3.63) is 47.8 Å². The van der Waals surface area contributed by atoms with E-state index < -0.39 is 0 Å². The summed E-state index contributed by atoms with van der Waals surface area (Å²) < 4.78 is 18.6. The van der Waals surface area contributed by atoms with E-state index in [1.54, 1.807) is 6.07 Å². The number of halogens is 1. The van der Waals surface area contributed by atoms with Crippen molar-refractivity contribution in [2.75, 3.05) is 6.61 Å². The van der Waals surface area contributed by atoms with Gasteiger partial charge in [0.15, 0.2) is 0 Å². The first-order valence-corrected chi connectivity index (χ1v) is 4.65. The van der Waals surface area contributed by atoms with Crippen LogP contribution in [-0.2, 0) is 4.74 Å². The summed E-state index contributed by atoms with van der Waals surface area (Å²) in [5.74, 6) is -0.162. The lowest BCUT2D eigenvalue weighted by Gasteiger charge is -2.04. The summed E-state index contributed by atoms with van der Waals surface area (Å²) in [6, 6.07) is 10.8. The largest absolute Gasteiger partial charge is 0.368 e. The van der Waals surface area contributed by atoms with Gasteiger partial charge in [0.2, 0.25) is 0 Å². The maximum Gasteiger partial charge on any atom is 0.131 e. The molecular formula is C12H9FO. The zero-order valence-corrected chi connectivity index (χ0v) is 7.53. The topological polar surface area (TPSA) is 12.5 Å². The van der Waals surface area contributed by atoms with Gasteiger partial charge in [0, 0.05) is 5.39 Å². The molecule has 2 aromatic rings. The van der Waals surface area contributed by atoms with Crippen LogP contribution >= 0.6 is 0 Å². The van der Waals surface area contributed by atoms with E-state index in [1.165, 1.54) is 6.07 Å². The quantitative estimate of drug-likeness (QED) is 0.626. The third kappa shape index (κ3) is 1.11. The summed E-state index contributed by atoms with van der Waals surface area (Å²) in [5, 5.41) is 1.65. The number of epoxide rings is 1. The maximum absolute atomic E-state index is 13.4. The minimum absolute atomic E-state index is 0.162. The van der Waals surface area contributed by atoms with Gasteiger partial charge in [0.05, 0.1) is 6.61 Å². The van der Waals surface area contributed by atoms with Crippen molar-refractivity contribution >= 4 is 10.8 Å². The van der Waals surface area contributed by atoms with Crippen LogP contribution in [0.15, 0.2) is 36.4 Å². The van der Waals surface area contributed by atoms with Gasteiger partial charge >= 0.3 is 0 Å². The molecule has 0 unspecified atom stereocenters. The molecule has 0 bridgehead atoms. The lowest BCUT2D eigenvalue weighted by molar-refractivity contribution is 0.416. The van der Waals surface area contributed by atoms with Gasteiger partial charge in [-0.15, -0.1) is 0 Å². The molecule has 3 rings (SSSR count). The molecule has 0 saturated carbocycles. The lowest BCUT2D eigenvalue weighted by Crippen LogP contribution is -1.86. The normalized spacial score (nSPS) is 19.9. The Bertz CT molecular complexity index is 489. The van der Waals surface area contributed by atoms with Crippen molar-refractivity contribution in [3.8, 4) is 0 Å². The highest BCUT2D eigenvalue weighted by Gasteiger charge is 2.26. The Morgan fingerprint density at radius 2 is 1.79 bits per heavy atom. The number of hydrogen-bond donors (Lipinski definition) is 0. The van der Waals surface area contributed by atoms with Gasteiger partial charge in [-0.3, -0.25) is 0 Å². The van der Waals surface area contributed by atoms with Crippen LogP contribution in [0.2, 0.25) is 0 Å². The second-order valence-electron chi connectivity index (χ2n) is 3.50. The second-order valence-corrected chi connectivity index (χ2v) is 3.50. The van der Waals surface area contributed by atoms with Crippen molar-refractivity contribution in [1.82, 2.24) is 0 Å². The third-order valence-electron chi connectivity index (χ3n) is 2.58. The highest BCUT2D eigenvalue weighted by molar-refractivity contribution is 5.86. The summed E-state index contributed by atoms with van der Waals surface area (Å²) in [4.78, 5) is 0. The average Bonchev–Trinajstić information content (AvgIpc) is 3.03. The minimum atomic E-state index is -0.162. The molecule has 1 fully saturated rings. The van der Waals surface area contributed by atoms with Gasteiger partial charge in [-0.25, -0.2) is 4.39 Å². The fourth-order valence-corrected chi connectivity index (χ4v) is 1.79. The van der Waals surface area contributed by atoms with Crippen molar-refractivity contribution in [3.63, 3.8) is 0 Å². The zero-order chi connectivity index (χ0) is 9.54. The molecule has 1 atom stereocenters. The Balaban J connectivity index is 2.35. The van der Waals surface area contributed by atoms with E-state index >= 15 is 0 Å². The van der Waals surface area contributed by atoms with Gasteiger partial charge in [0.25, 0.3) is 0 Å². The highest BCUT2D eigenvalue weighted by atomic mass is 19.1. The van der Waals surface area contributed by atoms with Crippen LogP contribution in [0.1, 0.15) is 11.7 Å². The molecule has 1 nitrogen and oxygen atoms in total. The summed E-state index contributed by atoms with van der Waals surface area (Å²) in [6.45, 7) is 0.760. The van der Waals surface area contributed by atoms with Crippen molar-refractivity contribution in [2.45, 2.75) is 6.10 Å². The minimum Gasteiger partial charge on any atom is -0.368 e. The van der Waals surface area contributed by atoms with Crippen LogP contribution in [0, 0.1) is 5.82 Å². The Kier molecular flexibility index (Phi) is 1.58. The number of fused-ring (bicyclic) bond motifs is 1. The van der Waals surface area contributed by atoms with Crippen LogP contribution in [0.3, 0.4) is 0 Å². The van der Waals surface area contributed by atoms with Gasteiger partial charge in [-0.05, 0) is 17.0 Å². The fourth-order valence-electron chi connectivity index (χ4n) is 1.79. The van der Waals surface area contributed by atoms with Crippen LogP contribution in [0.4, 0.5) is 4.39 Å². The molecule has 0 radical (unpaired) electrons. The molecule has 2 aromatic carbocycles. The number of rotatable bonds is 1. The molecule has 0 spiro atoms. The monoisotopic (exact) mass is 188 g/mol. The average molecular weight is 188 g/mol. The molecule has 1 heterocycles.